The van der Waals surface area contributed by atoms with Gasteiger partial charge in [-0.2, -0.15) is 5.26 Å². The number of nitrogens with zero attached hydrogens (tertiary/aromatic N) is 5. The Morgan fingerprint density at radius 1 is 1.22 bits per heavy atom. The van der Waals surface area contributed by atoms with Crippen molar-refractivity contribution in [2.24, 2.45) is 0 Å². The molecule has 1 amide bonds. The van der Waals surface area contributed by atoms with E-state index in [0.29, 0.717) is 22.9 Å². The minimum Gasteiger partial charge on any atom is -0.325 e. The van der Waals surface area contributed by atoms with E-state index in [1.807, 2.05) is 19.2 Å². The number of carbonyl (C=O) groups excluding carboxylic acids is 1. The Labute approximate surface area is 187 Å². The van der Waals surface area contributed by atoms with Gasteiger partial charge in [-0.1, -0.05) is 0 Å². The second-order valence-electron chi connectivity index (χ2n) is 8.17. The molecule has 0 unspecified atom stereocenters. The van der Waals surface area contributed by atoms with Crippen molar-refractivity contribution in [3.63, 3.8) is 0 Å². The van der Waals surface area contributed by atoms with Crippen LogP contribution in [0.25, 0.3) is 11.3 Å². The molecule has 3 aromatic rings. The third kappa shape index (κ3) is 4.74. The summed E-state index contributed by atoms with van der Waals surface area (Å²) in [5, 5.41) is 15.4. The fourth-order valence-corrected chi connectivity index (χ4v) is 3.68. The largest absolute Gasteiger partial charge is 0.325 e. The molecule has 32 heavy (non-hydrogen) atoms. The minimum atomic E-state index is -0.158. The number of nitriles is 1. The summed E-state index contributed by atoms with van der Waals surface area (Å²) < 4.78 is 0. The van der Waals surface area contributed by atoms with E-state index in [0.717, 1.165) is 47.5 Å². The van der Waals surface area contributed by atoms with Crippen molar-refractivity contribution in [3.8, 4) is 17.3 Å². The highest BCUT2D eigenvalue weighted by atomic mass is 16.1. The molecule has 2 N–H and O–H groups in total. The van der Waals surface area contributed by atoms with E-state index >= 15 is 0 Å². The van der Waals surface area contributed by atoms with Gasteiger partial charge in [0.1, 0.15) is 0 Å². The quantitative estimate of drug-likeness (QED) is 0.620. The molecule has 0 aliphatic carbocycles. The van der Waals surface area contributed by atoms with Crippen molar-refractivity contribution in [3.05, 3.63) is 59.0 Å². The lowest BCUT2D eigenvalue weighted by Gasteiger charge is -2.13. The molecule has 0 saturated carbocycles. The normalized spacial score (nSPS) is 12.4. The fourth-order valence-electron chi connectivity index (χ4n) is 3.68. The molecule has 0 bridgehead atoms. The third-order valence-electron chi connectivity index (χ3n) is 5.35. The summed E-state index contributed by atoms with van der Waals surface area (Å²) in [5.74, 6) is 0.276. The maximum Gasteiger partial charge on any atom is 0.228 e. The number of carbonyl (C=O) groups is 1. The number of hydrogen-bond acceptors (Lipinski definition) is 7. The number of aryl methyl sites for hydroxylation is 2. The summed E-state index contributed by atoms with van der Waals surface area (Å²) in [7, 11) is 4.14. The van der Waals surface area contributed by atoms with E-state index in [4.69, 9.17) is 4.98 Å². The van der Waals surface area contributed by atoms with Gasteiger partial charge in [0, 0.05) is 23.5 Å². The first-order valence-electron chi connectivity index (χ1n) is 10.5. The van der Waals surface area contributed by atoms with E-state index in [9.17, 15) is 10.1 Å². The highest BCUT2D eigenvalue weighted by Gasteiger charge is 2.21. The van der Waals surface area contributed by atoms with E-state index in [1.54, 1.807) is 18.3 Å². The Hall–Kier alpha value is -3.83. The zero-order valence-electron chi connectivity index (χ0n) is 18.4. The molecule has 1 aliphatic rings. The highest BCUT2D eigenvalue weighted by Crippen LogP contribution is 2.34. The van der Waals surface area contributed by atoms with Crippen molar-refractivity contribution in [2.45, 2.75) is 26.2 Å². The van der Waals surface area contributed by atoms with Crippen molar-refractivity contribution in [1.29, 1.82) is 5.26 Å². The molecule has 0 fully saturated rings. The molecule has 0 spiro atoms. The number of amides is 1. The summed E-state index contributed by atoms with van der Waals surface area (Å²) in [6.45, 7) is 2.96. The van der Waals surface area contributed by atoms with Crippen molar-refractivity contribution < 1.29 is 4.79 Å². The lowest BCUT2D eigenvalue weighted by molar-refractivity contribution is -0.115. The molecule has 0 atom stereocenters. The average molecular weight is 428 g/mol. The predicted octanol–water partition coefficient (Wildman–Crippen LogP) is 3.45. The van der Waals surface area contributed by atoms with Crippen LogP contribution in [0.4, 0.5) is 17.3 Å². The zero-order chi connectivity index (χ0) is 22.7. The third-order valence-corrected chi connectivity index (χ3v) is 5.35. The van der Waals surface area contributed by atoms with Crippen LogP contribution in [0.3, 0.4) is 0 Å². The predicted molar refractivity (Wildman–Crippen MR) is 124 cm³/mol. The number of fused-ring (bicyclic) bond motifs is 3. The standard InChI is InChI=1S/C24H25N7O/c1-15-20(10-17(13-26-15)5-4-8-31(2)3)29-24-27-14-18-11-22(32)28-21-9-16(12-25)6-7-19(21)23(18)30-24/h6-7,9-10,13-14H,4-5,8,11H2,1-3H3,(H,28,32)(H,27,29,30). The van der Waals surface area contributed by atoms with Crippen LogP contribution in [0, 0.1) is 18.3 Å². The average Bonchev–Trinajstić information content (AvgIpc) is 2.90. The minimum absolute atomic E-state index is 0.158. The van der Waals surface area contributed by atoms with Gasteiger partial charge >= 0.3 is 0 Å². The van der Waals surface area contributed by atoms with Gasteiger partial charge in [-0.05, 0) is 70.2 Å². The Kier molecular flexibility index (Phi) is 6.10. The van der Waals surface area contributed by atoms with E-state index in [-0.39, 0.29) is 12.3 Å². The number of rotatable bonds is 6. The molecular formula is C24H25N7O. The lowest BCUT2D eigenvalue weighted by atomic mass is 10.0. The maximum absolute atomic E-state index is 12.3. The van der Waals surface area contributed by atoms with Gasteiger partial charge in [-0.3, -0.25) is 9.78 Å². The molecule has 4 rings (SSSR count). The second-order valence-corrected chi connectivity index (χ2v) is 8.17. The summed E-state index contributed by atoms with van der Waals surface area (Å²) in [5.41, 5.74) is 6.11. The van der Waals surface area contributed by atoms with Gasteiger partial charge in [0.25, 0.3) is 0 Å². The van der Waals surface area contributed by atoms with E-state index < -0.39 is 0 Å². The van der Waals surface area contributed by atoms with Gasteiger partial charge < -0.3 is 15.5 Å². The van der Waals surface area contributed by atoms with Crippen LogP contribution in [0.1, 0.15) is 28.8 Å². The molecule has 1 aliphatic heterocycles. The Morgan fingerprint density at radius 2 is 2.06 bits per heavy atom. The van der Waals surface area contributed by atoms with Crippen LogP contribution in [0.2, 0.25) is 0 Å². The molecule has 162 valence electrons. The van der Waals surface area contributed by atoms with Gasteiger partial charge in [0.05, 0.1) is 40.8 Å². The first kappa shape index (κ1) is 21.4. The number of benzene rings is 1. The van der Waals surface area contributed by atoms with Crippen LogP contribution in [-0.2, 0) is 17.6 Å². The maximum atomic E-state index is 12.3. The van der Waals surface area contributed by atoms with Crippen LogP contribution in [0.5, 0.6) is 0 Å². The van der Waals surface area contributed by atoms with Gasteiger partial charge in [-0.25, -0.2) is 9.97 Å². The topological polar surface area (TPSA) is 107 Å². The number of hydrogen-bond donors (Lipinski definition) is 2. The summed E-state index contributed by atoms with van der Waals surface area (Å²) >= 11 is 0. The molecule has 2 aromatic heterocycles. The van der Waals surface area contributed by atoms with Crippen LogP contribution < -0.4 is 10.6 Å². The number of nitrogens with one attached hydrogen (secondary N) is 2. The fraction of sp³-hybridized carbons (Fsp3) is 0.292. The zero-order valence-corrected chi connectivity index (χ0v) is 18.4. The molecule has 0 radical (unpaired) electrons. The van der Waals surface area contributed by atoms with Crippen LogP contribution in [0.15, 0.2) is 36.7 Å². The number of anilines is 3. The van der Waals surface area contributed by atoms with Crippen molar-refractivity contribution >= 4 is 23.2 Å². The molecule has 3 heterocycles. The number of pyridine rings is 1. The van der Waals surface area contributed by atoms with E-state index in [2.05, 4.69) is 51.7 Å². The first-order valence-corrected chi connectivity index (χ1v) is 10.5. The van der Waals surface area contributed by atoms with Crippen LogP contribution in [-0.4, -0.2) is 46.4 Å². The SMILES string of the molecule is Cc1ncc(CCCN(C)C)cc1Nc1ncc2c(n1)-c1ccc(C#N)cc1NC(=O)C2. The highest BCUT2D eigenvalue weighted by molar-refractivity contribution is 6.00. The Balaban J connectivity index is 1.64. The second kappa shape index (κ2) is 9.12. The Morgan fingerprint density at radius 3 is 2.84 bits per heavy atom. The monoisotopic (exact) mass is 427 g/mol. The summed E-state index contributed by atoms with van der Waals surface area (Å²) in [6.07, 6.45) is 5.76. The summed E-state index contributed by atoms with van der Waals surface area (Å²) in [6, 6.07) is 9.40. The van der Waals surface area contributed by atoms with Crippen molar-refractivity contribution in [2.75, 3.05) is 31.3 Å². The van der Waals surface area contributed by atoms with Gasteiger partial charge in [0.2, 0.25) is 11.9 Å². The lowest BCUT2D eigenvalue weighted by Crippen LogP contribution is -2.13. The van der Waals surface area contributed by atoms with Crippen molar-refractivity contribution in [1.82, 2.24) is 19.9 Å². The Bertz CT molecular complexity index is 1210. The molecule has 8 heteroatoms. The summed E-state index contributed by atoms with van der Waals surface area (Å²) in [4.78, 5) is 28.2. The van der Waals surface area contributed by atoms with Gasteiger partial charge in [0.15, 0.2) is 0 Å². The molecule has 8 nitrogen and oxygen atoms in total. The first-order chi connectivity index (χ1) is 15.4. The smallest absolute Gasteiger partial charge is 0.228 e. The molecule has 0 saturated heterocycles. The van der Waals surface area contributed by atoms with Crippen LogP contribution >= 0.6 is 0 Å². The molecular weight excluding hydrogens is 402 g/mol. The molecule has 1 aromatic carbocycles. The van der Waals surface area contributed by atoms with E-state index in [1.165, 1.54) is 0 Å². The number of aromatic nitrogens is 3. The van der Waals surface area contributed by atoms with Gasteiger partial charge in [-0.15, -0.1) is 0 Å².